The Morgan fingerprint density at radius 1 is 1.53 bits per heavy atom. The van der Waals surface area contributed by atoms with Crippen LogP contribution in [-0.4, -0.2) is 19.3 Å². The van der Waals surface area contributed by atoms with E-state index in [4.69, 9.17) is 15.2 Å². The molecule has 1 aliphatic rings. The van der Waals surface area contributed by atoms with Crippen molar-refractivity contribution in [1.29, 1.82) is 0 Å². The largest absolute Gasteiger partial charge is 0.488 e. The molecule has 15 heavy (non-hydrogen) atoms. The maximum atomic E-state index is 13.3. The van der Waals surface area contributed by atoms with Gasteiger partial charge in [-0.3, -0.25) is 0 Å². The molecule has 1 heterocycles. The van der Waals surface area contributed by atoms with Gasteiger partial charge in [-0.15, -0.1) is 0 Å². The standard InChI is InChI=1S/C11H14FNO2/c12-10-6-8(13)3-4-11(10)15-7-9-2-1-5-14-9/h3-4,6,9H,1-2,5,7,13H2/t9-/m0/s1. The summed E-state index contributed by atoms with van der Waals surface area (Å²) >= 11 is 0. The third-order valence-corrected chi connectivity index (χ3v) is 2.40. The maximum Gasteiger partial charge on any atom is 0.167 e. The fraction of sp³-hybridized carbons (Fsp3) is 0.455. The van der Waals surface area contributed by atoms with Crippen LogP contribution in [0, 0.1) is 5.82 Å². The van der Waals surface area contributed by atoms with E-state index in [-0.39, 0.29) is 11.9 Å². The second kappa shape index (κ2) is 4.49. The van der Waals surface area contributed by atoms with Crippen LogP contribution in [0.15, 0.2) is 18.2 Å². The molecule has 3 nitrogen and oxygen atoms in total. The molecule has 82 valence electrons. The van der Waals surface area contributed by atoms with Crippen molar-refractivity contribution in [3.8, 4) is 5.75 Å². The first-order chi connectivity index (χ1) is 7.25. The van der Waals surface area contributed by atoms with Crippen molar-refractivity contribution < 1.29 is 13.9 Å². The first-order valence-electron chi connectivity index (χ1n) is 5.05. The highest BCUT2D eigenvalue weighted by atomic mass is 19.1. The summed E-state index contributed by atoms with van der Waals surface area (Å²) in [6.07, 6.45) is 2.14. The monoisotopic (exact) mass is 211 g/mol. The second-order valence-electron chi connectivity index (χ2n) is 3.64. The lowest BCUT2D eigenvalue weighted by Gasteiger charge is -2.11. The smallest absolute Gasteiger partial charge is 0.167 e. The lowest BCUT2D eigenvalue weighted by Crippen LogP contribution is -2.16. The molecule has 0 spiro atoms. The summed E-state index contributed by atoms with van der Waals surface area (Å²) in [5.74, 6) is -0.187. The summed E-state index contributed by atoms with van der Waals surface area (Å²) in [4.78, 5) is 0. The van der Waals surface area contributed by atoms with Crippen LogP contribution in [0.1, 0.15) is 12.8 Å². The highest BCUT2D eigenvalue weighted by molar-refractivity contribution is 5.42. The molecule has 1 atom stereocenters. The molecule has 0 aliphatic carbocycles. The summed E-state index contributed by atoms with van der Waals surface area (Å²) in [6.45, 7) is 1.18. The van der Waals surface area contributed by atoms with Crippen LogP contribution in [0.2, 0.25) is 0 Å². The van der Waals surface area contributed by atoms with Crippen molar-refractivity contribution in [3.05, 3.63) is 24.0 Å². The number of nitrogen functional groups attached to an aromatic ring is 1. The Morgan fingerprint density at radius 3 is 3.07 bits per heavy atom. The average molecular weight is 211 g/mol. The highest BCUT2D eigenvalue weighted by Gasteiger charge is 2.16. The van der Waals surface area contributed by atoms with Crippen molar-refractivity contribution in [1.82, 2.24) is 0 Å². The van der Waals surface area contributed by atoms with Gasteiger partial charge in [-0.25, -0.2) is 4.39 Å². The number of hydrogen-bond acceptors (Lipinski definition) is 3. The lowest BCUT2D eigenvalue weighted by atomic mass is 10.2. The zero-order valence-corrected chi connectivity index (χ0v) is 8.41. The van der Waals surface area contributed by atoms with Crippen molar-refractivity contribution in [2.75, 3.05) is 18.9 Å². The minimum atomic E-state index is -0.423. The van der Waals surface area contributed by atoms with Crippen LogP contribution >= 0.6 is 0 Å². The Morgan fingerprint density at radius 2 is 2.40 bits per heavy atom. The zero-order valence-electron chi connectivity index (χ0n) is 8.41. The predicted molar refractivity (Wildman–Crippen MR) is 55.3 cm³/mol. The Labute approximate surface area is 88.0 Å². The van der Waals surface area contributed by atoms with E-state index < -0.39 is 5.82 Å². The Balaban J connectivity index is 1.92. The van der Waals surface area contributed by atoms with E-state index in [1.54, 1.807) is 12.1 Å². The number of anilines is 1. The molecule has 1 aromatic rings. The molecular weight excluding hydrogens is 197 g/mol. The quantitative estimate of drug-likeness (QED) is 0.777. The molecule has 0 radical (unpaired) electrons. The molecule has 0 aromatic heterocycles. The molecule has 0 saturated carbocycles. The summed E-state index contributed by atoms with van der Waals surface area (Å²) in [5.41, 5.74) is 5.83. The van der Waals surface area contributed by atoms with Crippen LogP contribution in [0.3, 0.4) is 0 Å². The molecule has 0 unspecified atom stereocenters. The fourth-order valence-electron chi connectivity index (χ4n) is 1.59. The minimum absolute atomic E-state index is 0.0990. The van der Waals surface area contributed by atoms with Crippen molar-refractivity contribution in [2.45, 2.75) is 18.9 Å². The van der Waals surface area contributed by atoms with Gasteiger partial charge in [0.05, 0.1) is 6.10 Å². The van der Waals surface area contributed by atoms with Gasteiger partial charge in [0.25, 0.3) is 0 Å². The zero-order chi connectivity index (χ0) is 10.7. The summed E-state index contributed by atoms with van der Waals surface area (Å²) in [6, 6.07) is 4.42. The van der Waals surface area contributed by atoms with E-state index >= 15 is 0 Å². The highest BCUT2D eigenvalue weighted by Crippen LogP contribution is 2.21. The first kappa shape index (κ1) is 10.2. The average Bonchev–Trinajstić information content (AvgIpc) is 2.69. The Bertz CT molecular complexity index is 337. The van der Waals surface area contributed by atoms with Gasteiger partial charge in [0.1, 0.15) is 6.61 Å². The molecule has 2 rings (SSSR count). The van der Waals surface area contributed by atoms with Crippen molar-refractivity contribution in [3.63, 3.8) is 0 Å². The number of rotatable bonds is 3. The SMILES string of the molecule is Nc1ccc(OC[C@@H]2CCCO2)c(F)c1. The van der Waals surface area contributed by atoms with Crippen LogP contribution in [0.5, 0.6) is 5.75 Å². The second-order valence-corrected chi connectivity index (χ2v) is 3.64. The number of benzene rings is 1. The number of ether oxygens (including phenoxy) is 2. The van der Waals surface area contributed by atoms with Gasteiger partial charge in [-0.05, 0) is 25.0 Å². The molecule has 2 N–H and O–H groups in total. The first-order valence-corrected chi connectivity index (χ1v) is 5.05. The van der Waals surface area contributed by atoms with Crippen LogP contribution in [0.4, 0.5) is 10.1 Å². The predicted octanol–water partition coefficient (Wildman–Crippen LogP) is 1.97. The van der Waals surface area contributed by atoms with E-state index in [1.165, 1.54) is 6.07 Å². The lowest BCUT2D eigenvalue weighted by molar-refractivity contribution is 0.0666. The number of hydrogen-bond donors (Lipinski definition) is 1. The molecule has 4 heteroatoms. The van der Waals surface area contributed by atoms with Crippen LogP contribution in [0.25, 0.3) is 0 Å². The van der Waals surface area contributed by atoms with Crippen LogP contribution in [-0.2, 0) is 4.74 Å². The third kappa shape index (κ3) is 2.59. The van der Waals surface area contributed by atoms with Gasteiger partial charge in [0.2, 0.25) is 0 Å². The number of nitrogens with two attached hydrogens (primary N) is 1. The maximum absolute atomic E-state index is 13.3. The van der Waals surface area contributed by atoms with E-state index in [0.717, 1.165) is 19.4 Å². The van der Waals surface area contributed by atoms with E-state index in [1.807, 2.05) is 0 Å². The summed E-state index contributed by atoms with van der Waals surface area (Å²) in [5, 5.41) is 0. The van der Waals surface area contributed by atoms with E-state index in [2.05, 4.69) is 0 Å². The third-order valence-electron chi connectivity index (χ3n) is 2.40. The molecule has 1 aliphatic heterocycles. The summed E-state index contributed by atoms with van der Waals surface area (Å²) in [7, 11) is 0. The fourth-order valence-corrected chi connectivity index (χ4v) is 1.59. The van der Waals surface area contributed by atoms with E-state index in [0.29, 0.717) is 12.3 Å². The Hall–Kier alpha value is -1.29. The molecule has 0 bridgehead atoms. The van der Waals surface area contributed by atoms with Crippen molar-refractivity contribution >= 4 is 5.69 Å². The van der Waals surface area contributed by atoms with Gasteiger partial charge in [0.15, 0.2) is 11.6 Å². The Kier molecular flexibility index (Phi) is 3.06. The van der Waals surface area contributed by atoms with Gasteiger partial charge in [-0.1, -0.05) is 0 Å². The van der Waals surface area contributed by atoms with Gasteiger partial charge in [-0.2, -0.15) is 0 Å². The minimum Gasteiger partial charge on any atom is -0.488 e. The van der Waals surface area contributed by atoms with Crippen LogP contribution < -0.4 is 10.5 Å². The van der Waals surface area contributed by atoms with Gasteiger partial charge in [0, 0.05) is 18.4 Å². The molecule has 0 amide bonds. The molecule has 1 fully saturated rings. The van der Waals surface area contributed by atoms with Gasteiger partial charge < -0.3 is 15.2 Å². The molecule has 1 aromatic carbocycles. The normalized spacial score (nSPS) is 20.5. The summed E-state index contributed by atoms with van der Waals surface area (Å²) < 4.78 is 24.0. The van der Waals surface area contributed by atoms with Gasteiger partial charge >= 0.3 is 0 Å². The molecule has 1 saturated heterocycles. The van der Waals surface area contributed by atoms with Crippen molar-refractivity contribution in [2.24, 2.45) is 0 Å². The molecular formula is C11H14FNO2. The topological polar surface area (TPSA) is 44.5 Å². The number of halogens is 1. The van der Waals surface area contributed by atoms with E-state index in [9.17, 15) is 4.39 Å².